The number of benzene rings is 3. The van der Waals surface area contributed by atoms with Crippen molar-refractivity contribution in [3.63, 3.8) is 0 Å². The highest BCUT2D eigenvalue weighted by molar-refractivity contribution is 5.92. The van der Waals surface area contributed by atoms with Gasteiger partial charge in [-0.25, -0.2) is 14.4 Å². The quantitative estimate of drug-likeness (QED) is 0.242. The molecule has 0 aliphatic heterocycles. The molecule has 3 aromatic carbocycles. The van der Waals surface area contributed by atoms with Crippen LogP contribution in [0.1, 0.15) is 17.5 Å². The zero-order valence-electron chi connectivity index (χ0n) is 18.8. The molecule has 0 unspecified atom stereocenters. The maximum absolute atomic E-state index is 14.5. The third kappa shape index (κ3) is 5.02. The molecular weight excluding hydrogens is 444 g/mol. The zero-order chi connectivity index (χ0) is 24.3. The van der Waals surface area contributed by atoms with E-state index in [2.05, 4.69) is 10.6 Å². The third-order valence-electron chi connectivity index (χ3n) is 5.55. The van der Waals surface area contributed by atoms with Gasteiger partial charge in [-0.15, -0.1) is 0 Å². The minimum atomic E-state index is -4.56. The van der Waals surface area contributed by atoms with Crippen LogP contribution >= 0.6 is 0 Å². The summed E-state index contributed by atoms with van der Waals surface area (Å²) in [5.41, 5.74) is 1.62. The van der Waals surface area contributed by atoms with Crippen LogP contribution in [0, 0.1) is 12.7 Å². The van der Waals surface area contributed by atoms with Crippen molar-refractivity contribution in [2.45, 2.75) is 19.5 Å². The van der Waals surface area contributed by atoms with E-state index in [-0.39, 0.29) is 5.56 Å². The first kappa shape index (κ1) is 23.6. The number of nitrogens with zero attached hydrogens (tertiary/aromatic N) is 2. The van der Waals surface area contributed by atoms with Gasteiger partial charge < -0.3 is 10.6 Å². The SMILES string of the molecule is CNCCCNc1nc(-c2cccc(-c3cc(C(F)(F)F)ccc3F)c2)nc2c(C)cccc12. The molecule has 176 valence electrons. The van der Waals surface area contributed by atoms with Crippen LogP contribution in [0.4, 0.5) is 23.4 Å². The molecule has 34 heavy (non-hydrogen) atoms. The molecule has 0 radical (unpaired) electrons. The number of para-hydroxylation sites is 1. The fourth-order valence-corrected chi connectivity index (χ4v) is 3.78. The fourth-order valence-electron chi connectivity index (χ4n) is 3.78. The second kappa shape index (κ2) is 9.77. The van der Waals surface area contributed by atoms with Gasteiger partial charge in [-0.3, -0.25) is 0 Å². The Bertz CT molecular complexity index is 1320. The number of hydrogen-bond acceptors (Lipinski definition) is 4. The van der Waals surface area contributed by atoms with Gasteiger partial charge >= 0.3 is 6.18 Å². The van der Waals surface area contributed by atoms with Gasteiger partial charge in [-0.05, 0) is 68.4 Å². The Labute approximate surface area is 195 Å². The molecule has 1 heterocycles. The predicted octanol–water partition coefficient (Wildman–Crippen LogP) is 6.45. The molecule has 0 spiro atoms. The monoisotopic (exact) mass is 468 g/mol. The lowest BCUT2D eigenvalue weighted by Crippen LogP contribution is -2.14. The zero-order valence-corrected chi connectivity index (χ0v) is 18.8. The molecule has 0 aliphatic carbocycles. The van der Waals surface area contributed by atoms with Crippen molar-refractivity contribution in [1.82, 2.24) is 15.3 Å². The number of nitrogens with one attached hydrogen (secondary N) is 2. The summed E-state index contributed by atoms with van der Waals surface area (Å²) in [5, 5.41) is 7.35. The van der Waals surface area contributed by atoms with Crippen molar-refractivity contribution in [3.05, 3.63) is 77.6 Å². The minimum Gasteiger partial charge on any atom is -0.369 e. The van der Waals surface area contributed by atoms with Gasteiger partial charge in [0.25, 0.3) is 0 Å². The van der Waals surface area contributed by atoms with Crippen LogP contribution in [0.2, 0.25) is 0 Å². The van der Waals surface area contributed by atoms with Crippen LogP contribution in [0.3, 0.4) is 0 Å². The van der Waals surface area contributed by atoms with Crippen molar-refractivity contribution in [1.29, 1.82) is 0 Å². The molecule has 4 aromatic rings. The lowest BCUT2D eigenvalue weighted by Gasteiger charge is -2.13. The molecule has 0 fully saturated rings. The topological polar surface area (TPSA) is 49.8 Å². The highest BCUT2D eigenvalue weighted by atomic mass is 19.4. The van der Waals surface area contributed by atoms with Crippen molar-refractivity contribution in [2.24, 2.45) is 0 Å². The molecule has 0 saturated heterocycles. The summed E-state index contributed by atoms with van der Waals surface area (Å²) >= 11 is 0. The molecule has 0 amide bonds. The van der Waals surface area contributed by atoms with E-state index in [1.54, 1.807) is 24.3 Å². The summed E-state index contributed by atoms with van der Waals surface area (Å²) in [4.78, 5) is 9.43. The molecule has 0 aliphatic rings. The van der Waals surface area contributed by atoms with Crippen LogP contribution < -0.4 is 10.6 Å². The first-order chi connectivity index (χ1) is 16.3. The van der Waals surface area contributed by atoms with E-state index in [1.165, 1.54) is 0 Å². The minimum absolute atomic E-state index is 0.126. The maximum Gasteiger partial charge on any atom is 0.416 e. The van der Waals surface area contributed by atoms with Gasteiger partial charge in [0.1, 0.15) is 11.6 Å². The molecule has 2 N–H and O–H groups in total. The van der Waals surface area contributed by atoms with E-state index in [1.807, 2.05) is 32.2 Å². The van der Waals surface area contributed by atoms with Crippen molar-refractivity contribution in [2.75, 3.05) is 25.5 Å². The summed E-state index contributed by atoms with van der Waals surface area (Å²) < 4.78 is 54.1. The first-order valence-corrected chi connectivity index (χ1v) is 10.9. The van der Waals surface area contributed by atoms with Gasteiger partial charge in [-0.2, -0.15) is 13.2 Å². The summed E-state index contributed by atoms with van der Waals surface area (Å²) in [7, 11) is 1.89. The number of anilines is 1. The molecule has 8 heteroatoms. The molecule has 0 bridgehead atoms. The predicted molar refractivity (Wildman–Crippen MR) is 127 cm³/mol. The van der Waals surface area contributed by atoms with Crippen LogP contribution in [0.5, 0.6) is 0 Å². The second-order valence-electron chi connectivity index (χ2n) is 8.02. The molecular formula is C26H24F4N4. The Morgan fingerprint density at radius 1 is 0.882 bits per heavy atom. The smallest absolute Gasteiger partial charge is 0.369 e. The van der Waals surface area contributed by atoms with Gasteiger partial charge in [0, 0.05) is 23.1 Å². The maximum atomic E-state index is 14.5. The Morgan fingerprint density at radius 3 is 2.41 bits per heavy atom. The normalized spacial score (nSPS) is 11.7. The lowest BCUT2D eigenvalue weighted by molar-refractivity contribution is -0.137. The average Bonchev–Trinajstić information content (AvgIpc) is 2.82. The summed E-state index contributed by atoms with van der Waals surface area (Å²) in [6.45, 7) is 3.51. The number of aryl methyl sites for hydroxylation is 1. The number of aromatic nitrogens is 2. The van der Waals surface area contributed by atoms with E-state index in [0.29, 0.717) is 29.3 Å². The van der Waals surface area contributed by atoms with Crippen molar-refractivity contribution >= 4 is 16.7 Å². The van der Waals surface area contributed by atoms with Crippen LogP contribution in [-0.4, -0.2) is 30.1 Å². The Morgan fingerprint density at radius 2 is 1.65 bits per heavy atom. The van der Waals surface area contributed by atoms with E-state index < -0.39 is 17.6 Å². The number of rotatable bonds is 7. The highest BCUT2D eigenvalue weighted by Gasteiger charge is 2.31. The summed E-state index contributed by atoms with van der Waals surface area (Å²) in [5.74, 6) is 0.356. The molecule has 4 rings (SSSR count). The summed E-state index contributed by atoms with van der Waals surface area (Å²) in [6.07, 6.45) is -3.67. The van der Waals surface area contributed by atoms with Gasteiger partial charge in [0.05, 0.1) is 11.1 Å². The van der Waals surface area contributed by atoms with Crippen LogP contribution in [-0.2, 0) is 6.18 Å². The molecule has 4 nitrogen and oxygen atoms in total. The fraction of sp³-hybridized carbons (Fsp3) is 0.231. The molecule has 0 atom stereocenters. The van der Waals surface area contributed by atoms with Gasteiger partial charge in [-0.1, -0.05) is 30.3 Å². The van der Waals surface area contributed by atoms with Crippen LogP contribution in [0.25, 0.3) is 33.4 Å². The van der Waals surface area contributed by atoms with Crippen molar-refractivity contribution < 1.29 is 17.6 Å². The molecule has 1 aromatic heterocycles. The number of alkyl halides is 3. The average molecular weight is 468 g/mol. The van der Waals surface area contributed by atoms with E-state index in [0.717, 1.165) is 47.6 Å². The number of hydrogen-bond donors (Lipinski definition) is 2. The largest absolute Gasteiger partial charge is 0.416 e. The van der Waals surface area contributed by atoms with Gasteiger partial charge in [0.15, 0.2) is 5.82 Å². The first-order valence-electron chi connectivity index (χ1n) is 10.9. The highest BCUT2D eigenvalue weighted by Crippen LogP contribution is 2.35. The van der Waals surface area contributed by atoms with E-state index in [4.69, 9.17) is 9.97 Å². The molecule has 0 saturated carbocycles. The summed E-state index contributed by atoms with van der Waals surface area (Å²) in [6, 6.07) is 14.9. The van der Waals surface area contributed by atoms with E-state index >= 15 is 0 Å². The number of halogens is 4. The number of fused-ring (bicyclic) bond motifs is 1. The lowest BCUT2D eigenvalue weighted by atomic mass is 10.00. The Kier molecular flexibility index (Phi) is 6.79. The Balaban J connectivity index is 1.79. The second-order valence-corrected chi connectivity index (χ2v) is 8.02. The standard InChI is InChI=1S/C26H24F4N4/c1-16-6-3-9-20-23(16)33-24(34-25(20)32-13-5-12-31-2)18-8-4-7-17(14-18)21-15-19(26(28,29)30)10-11-22(21)27/h3-4,6-11,14-15,31H,5,12-13H2,1-2H3,(H,32,33,34). The third-order valence-corrected chi connectivity index (χ3v) is 5.55. The van der Waals surface area contributed by atoms with E-state index in [9.17, 15) is 17.6 Å². The van der Waals surface area contributed by atoms with Gasteiger partial charge in [0.2, 0.25) is 0 Å². The van der Waals surface area contributed by atoms with Crippen LogP contribution in [0.15, 0.2) is 60.7 Å². The Hall–Kier alpha value is -3.52. The van der Waals surface area contributed by atoms with Crippen molar-refractivity contribution in [3.8, 4) is 22.5 Å².